The molecule has 0 heterocycles. The zero-order valence-corrected chi connectivity index (χ0v) is 8.36. The Morgan fingerprint density at radius 3 is 2.33 bits per heavy atom. The number of rotatable bonds is 6. The molecule has 0 unspecified atom stereocenters. The van der Waals surface area contributed by atoms with E-state index in [2.05, 4.69) is 33.9 Å². The van der Waals surface area contributed by atoms with Crippen molar-refractivity contribution in [3.63, 3.8) is 0 Å². The van der Waals surface area contributed by atoms with Crippen LogP contribution in [0.5, 0.6) is 0 Å². The van der Waals surface area contributed by atoms with Crippen LogP contribution in [0, 0.1) is 4.43 Å². The molecule has 0 nitrogen and oxygen atoms in total. The molecule has 0 amide bonds. The normalized spacial score (nSPS) is 10.0. The van der Waals surface area contributed by atoms with Gasteiger partial charge >= 0.3 is 0 Å². The van der Waals surface area contributed by atoms with Gasteiger partial charge in [0.05, 0.1) is 0 Å². The summed E-state index contributed by atoms with van der Waals surface area (Å²) < 4.78 is 2.23. The zero-order chi connectivity index (χ0) is 6.95. The molecule has 0 aliphatic heterocycles. The Morgan fingerprint density at radius 2 is 1.78 bits per heavy atom. The molecule has 0 aromatic heterocycles. The molecule has 55 valence electrons. The third-order valence-electron chi connectivity index (χ3n) is 1.42. The fraction of sp³-hybridized carbons (Fsp3) is 0.875. The van der Waals surface area contributed by atoms with Crippen molar-refractivity contribution >= 4 is 22.6 Å². The van der Waals surface area contributed by atoms with Crippen LogP contribution in [-0.4, -0.2) is 0 Å². The summed E-state index contributed by atoms with van der Waals surface area (Å²) in [6.07, 6.45) is 8.32. The molecule has 0 rings (SSSR count). The Kier molecular flexibility index (Phi) is 9.44. The Bertz CT molecular complexity index is 37.8. The SMILES string of the molecule is CCCCCCC[CH]I. The third-order valence-corrected chi connectivity index (χ3v) is 2.04. The van der Waals surface area contributed by atoms with Gasteiger partial charge < -0.3 is 0 Å². The second-order valence-electron chi connectivity index (χ2n) is 2.36. The van der Waals surface area contributed by atoms with E-state index in [1.807, 2.05) is 0 Å². The van der Waals surface area contributed by atoms with Crippen molar-refractivity contribution in [1.29, 1.82) is 0 Å². The first-order valence-electron chi connectivity index (χ1n) is 3.83. The highest BCUT2D eigenvalue weighted by Crippen LogP contribution is 2.08. The lowest BCUT2D eigenvalue weighted by Gasteiger charge is -1.95. The van der Waals surface area contributed by atoms with Gasteiger partial charge in [-0.15, -0.1) is 0 Å². The van der Waals surface area contributed by atoms with Crippen molar-refractivity contribution in [3.05, 3.63) is 4.43 Å². The van der Waals surface area contributed by atoms with E-state index < -0.39 is 0 Å². The van der Waals surface area contributed by atoms with Gasteiger partial charge in [-0.25, -0.2) is 0 Å². The van der Waals surface area contributed by atoms with Crippen LogP contribution in [0.1, 0.15) is 45.4 Å². The van der Waals surface area contributed by atoms with Gasteiger partial charge in [-0.2, -0.15) is 0 Å². The largest absolute Gasteiger partial charge is 0.0815 e. The molecule has 0 spiro atoms. The van der Waals surface area contributed by atoms with Crippen molar-refractivity contribution in [3.8, 4) is 0 Å². The first kappa shape index (κ1) is 9.73. The molecule has 0 bridgehead atoms. The molecular weight excluding hydrogens is 223 g/mol. The lowest BCUT2D eigenvalue weighted by molar-refractivity contribution is 0.636. The van der Waals surface area contributed by atoms with E-state index in [-0.39, 0.29) is 0 Å². The molecule has 9 heavy (non-hydrogen) atoms. The van der Waals surface area contributed by atoms with Gasteiger partial charge in [0.25, 0.3) is 0 Å². The average molecular weight is 239 g/mol. The summed E-state index contributed by atoms with van der Waals surface area (Å²) in [5.41, 5.74) is 0. The number of unbranched alkanes of at least 4 members (excludes halogenated alkanes) is 5. The van der Waals surface area contributed by atoms with Gasteiger partial charge in [0.2, 0.25) is 0 Å². The summed E-state index contributed by atoms with van der Waals surface area (Å²) in [6.45, 7) is 2.25. The molecule has 0 aromatic rings. The molecule has 0 fully saturated rings. The minimum atomic E-state index is 1.30. The first-order chi connectivity index (χ1) is 4.41. The Labute approximate surface area is 72.6 Å². The zero-order valence-electron chi connectivity index (χ0n) is 6.20. The van der Waals surface area contributed by atoms with Gasteiger partial charge in [-0.05, 0) is 6.42 Å². The highest BCUT2D eigenvalue weighted by molar-refractivity contribution is 14.1. The summed E-state index contributed by atoms with van der Waals surface area (Å²) in [5.74, 6) is 0. The predicted octanol–water partition coefficient (Wildman–Crippen LogP) is 3.94. The Balaban J connectivity index is 2.60. The Hall–Kier alpha value is 0.730. The summed E-state index contributed by atoms with van der Waals surface area (Å²) >= 11 is 2.32. The van der Waals surface area contributed by atoms with Crippen LogP contribution < -0.4 is 0 Å². The van der Waals surface area contributed by atoms with Crippen molar-refractivity contribution in [2.24, 2.45) is 0 Å². The van der Waals surface area contributed by atoms with Gasteiger partial charge in [0.1, 0.15) is 0 Å². The van der Waals surface area contributed by atoms with E-state index in [1.54, 1.807) is 0 Å². The second kappa shape index (κ2) is 8.73. The minimum Gasteiger partial charge on any atom is -0.0815 e. The highest BCUT2D eigenvalue weighted by Gasteiger charge is 1.86. The maximum absolute atomic E-state index is 2.32. The number of halogens is 1. The molecule has 0 aliphatic rings. The smallest absolute Gasteiger partial charge is 0.0227 e. The van der Waals surface area contributed by atoms with Crippen molar-refractivity contribution < 1.29 is 0 Å². The molecule has 0 atom stereocenters. The fourth-order valence-electron chi connectivity index (χ4n) is 0.825. The summed E-state index contributed by atoms with van der Waals surface area (Å²) in [6, 6.07) is 0. The topological polar surface area (TPSA) is 0 Å². The van der Waals surface area contributed by atoms with E-state index in [4.69, 9.17) is 0 Å². The van der Waals surface area contributed by atoms with Crippen LogP contribution in [0.25, 0.3) is 0 Å². The Morgan fingerprint density at radius 1 is 1.11 bits per heavy atom. The van der Waals surface area contributed by atoms with Crippen LogP contribution in [0.3, 0.4) is 0 Å². The van der Waals surface area contributed by atoms with Crippen LogP contribution in [0.4, 0.5) is 0 Å². The van der Waals surface area contributed by atoms with E-state index in [0.29, 0.717) is 0 Å². The standard InChI is InChI=1S/C8H16I/c1-2-3-4-5-6-7-8-9/h8H,2-7H2,1H3. The second-order valence-corrected chi connectivity index (χ2v) is 3.24. The van der Waals surface area contributed by atoms with E-state index >= 15 is 0 Å². The minimum absolute atomic E-state index is 1.30. The lowest BCUT2D eigenvalue weighted by atomic mass is 10.1. The summed E-state index contributed by atoms with van der Waals surface area (Å²) in [5, 5.41) is 0. The molecule has 0 aliphatic carbocycles. The van der Waals surface area contributed by atoms with Gasteiger partial charge in [0, 0.05) is 4.43 Å². The molecule has 0 saturated carbocycles. The van der Waals surface area contributed by atoms with Gasteiger partial charge in [-0.3, -0.25) is 0 Å². The molecule has 0 N–H and O–H groups in total. The maximum Gasteiger partial charge on any atom is 0.0227 e. The van der Waals surface area contributed by atoms with Crippen molar-refractivity contribution in [1.82, 2.24) is 0 Å². The number of hydrogen-bond acceptors (Lipinski definition) is 0. The fourth-order valence-corrected chi connectivity index (χ4v) is 1.27. The van der Waals surface area contributed by atoms with Gasteiger partial charge in [0.15, 0.2) is 0 Å². The molecular formula is C8H16I. The van der Waals surface area contributed by atoms with E-state index in [0.717, 1.165) is 0 Å². The van der Waals surface area contributed by atoms with E-state index in [9.17, 15) is 0 Å². The van der Waals surface area contributed by atoms with Gasteiger partial charge in [-0.1, -0.05) is 61.6 Å². The molecule has 1 heteroatoms. The van der Waals surface area contributed by atoms with Crippen molar-refractivity contribution in [2.75, 3.05) is 0 Å². The third kappa shape index (κ3) is 8.73. The highest BCUT2D eigenvalue weighted by atomic mass is 127. The maximum atomic E-state index is 2.32. The van der Waals surface area contributed by atoms with Crippen LogP contribution in [0.2, 0.25) is 0 Å². The predicted molar refractivity (Wildman–Crippen MR) is 51.7 cm³/mol. The summed E-state index contributed by atoms with van der Waals surface area (Å²) in [7, 11) is 0. The lowest BCUT2D eigenvalue weighted by Crippen LogP contribution is -1.75. The van der Waals surface area contributed by atoms with Crippen LogP contribution in [-0.2, 0) is 0 Å². The number of hydrogen-bond donors (Lipinski definition) is 0. The van der Waals surface area contributed by atoms with Crippen LogP contribution in [0.15, 0.2) is 0 Å². The quantitative estimate of drug-likeness (QED) is 0.486. The van der Waals surface area contributed by atoms with Crippen LogP contribution >= 0.6 is 22.6 Å². The average Bonchev–Trinajstić information content (AvgIpc) is 1.89. The molecule has 1 radical (unpaired) electrons. The first-order valence-corrected chi connectivity index (χ1v) is 5.08. The molecule has 0 aromatic carbocycles. The molecule has 0 saturated heterocycles. The monoisotopic (exact) mass is 239 g/mol. The van der Waals surface area contributed by atoms with Crippen molar-refractivity contribution in [2.45, 2.75) is 45.4 Å². The summed E-state index contributed by atoms with van der Waals surface area (Å²) in [4.78, 5) is 0. The van der Waals surface area contributed by atoms with E-state index in [1.165, 1.54) is 38.5 Å².